The summed E-state index contributed by atoms with van der Waals surface area (Å²) in [6.45, 7) is 3.15. The molecular formula is C15H20N4S. The summed E-state index contributed by atoms with van der Waals surface area (Å²) in [5.41, 5.74) is 2.92. The maximum atomic E-state index is 4.35. The molecule has 1 N–H and O–H groups in total. The van der Waals surface area contributed by atoms with Gasteiger partial charge >= 0.3 is 0 Å². The summed E-state index contributed by atoms with van der Waals surface area (Å²) in [7, 11) is 1.95. The Hall–Kier alpha value is -1.33. The number of aryl methyl sites for hydroxylation is 2. The van der Waals surface area contributed by atoms with Crippen molar-refractivity contribution in [1.29, 1.82) is 0 Å². The molecule has 5 heteroatoms. The first-order valence-corrected chi connectivity index (χ1v) is 7.99. The van der Waals surface area contributed by atoms with Crippen LogP contribution in [-0.2, 0) is 13.5 Å². The number of thioether (sulfide) groups is 1. The van der Waals surface area contributed by atoms with Gasteiger partial charge in [-0.3, -0.25) is 0 Å². The van der Waals surface area contributed by atoms with E-state index in [4.69, 9.17) is 0 Å². The van der Waals surface area contributed by atoms with Gasteiger partial charge in [0, 0.05) is 18.3 Å². The highest BCUT2D eigenvalue weighted by Crippen LogP contribution is 2.39. The molecule has 0 fully saturated rings. The van der Waals surface area contributed by atoms with Gasteiger partial charge in [-0.1, -0.05) is 43.0 Å². The van der Waals surface area contributed by atoms with Gasteiger partial charge in [0.05, 0.1) is 0 Å². The van der Waals surface area contributed by atoms with Crippen LogP contribution in [0.25, 0.3) is 0 Å². The lowest BCUT2D eigenvalue weighted by Crippen LogP contribution is -2.34. The van der Waals surface area contributed by atoms with Gasteiger partial charge in [-0.25, -0.2) is 9.67 Å². The van der Waals surface area contributed by atoms with Crippen molar-refractivity contribution in [3.05, 3.63) is 41.7 Å². The first kappa shape index (κ1) is 13.6. The summed E-state index contributed by atoms with van der Waals surface area (Å²) in [6, 6.07) is 9.18. The van der Waals surface area contributed by atoms with Gasteiger partial charge in [-0.15, -0.1) is 0 Å². The summed E-state index contributed by atoms with van der Waals surface area (Å²) in [5.74, 6) is 0. The van der Waals surface area contributed by atoms with Crippen LogP contribution >= 0.6 is 11.8 Å². The smallest absolute Gasteiger partial charge is 0.186 e. The highest BCUT2D eigenvalue weighted by molar-refractivity contribution is 7.99. The number of nitrogens with one attached hydrogen (secondary N) is 1. The second kappa shape index (κ2) is 5.97. The van der Waals surface area contributed by atoms with E-state index in [1.165, 1.54) is 17.5 Å². The van der Waals surface area contributed by atoms with Crippen LogP contribution in [0.2, 0.25) is 0 Å². The summed E-state index contributed by atoms with van der Waals surface area (Å²) >= 11 is 1.84. The molecule has 3 rings (SSSR count). The molecule has 0 bridgehead atoms. The number of nitrogens with zero attached hydrogens (tertiary/aromatic N) is 3. The van der Waals surface area contributed by atoms with Crippen molar-refractivity contribution in [2.75, 3.05) is 6.54 Å². The summed E-state index contributed by atoms with van der Waals surface area (Å²) in [6.07, 6.45) is 3.95. The van der Waals surface area contributed by atoms with Gasteiger partial charge in [0.25, 0.3) is 0 Å². The van der Waals surface area contributed by atoms with Crippen LogP contribution in [0.4, 0.5) is 0 Å². The molecule has 2 atom stereocenters. The average molecular weight is 288 g/mol. The van der Waals surface area contributed by atoms with Crippen LogP contribution in [0.15, 0.2) is 35.7 Å². The Morgan fingerprint density at radius 3 is 3.00 bits per heavy atom. The summed E-state index contributed by atoms with van der Waals surface area (Å²) in [4.78, 5) is 4.35. The molecule has 1 aromatic heterocycles. The molecule has 0 spiro atoms. The molecule has 1 heterocycles. The van der Waals surface area contributed by atoms with Crippen molar-refractivity contribution in [3.8, 4) is 0 Å². The Kier molecular flexibility index (Phi) is 4.08. The lowest BCUT2D eigenvalue weighted by molar-refractivity contribution is 0.483. The van der Waals surface area contributed by atoms with Crippen LogP contribution in [-0.4, -0.2) is 26.6 Å². The van der Waals surface area contributed by atoms with Crippen molar-refractivity contribution in [3.63, 3.8) is 0 Å². The fourth-order valence-corrected chi connectivity index (χ4v) is 4.04. The fourth-order valence-electron chi connectivity index (χ4n) is 2.85. The summed E-state index contributed by atoms with van der Waals surface area (Å²) < 4.78 is 1.86. The molecule has 0 radical (unpaired) electrons. The van der Waals surface area contributed by atoms with Gasteiger partial charge in [0.1, 0.15) is 6.33 Å². The molecule has 4 nitrogen and oxygen atoms in total. The zero-order chi connectivity index (χ0) is 13.9. The number of fused-ring (bicyclic) bond motifs is 1. The first-order chi connectivity index (χ1) is 9.79. The lowest BCUT2D eigenvalue weighted by Gasteiger charge is -2.33. The molecular weight excluding hydrogens is 268 g/mol. The second-order valence-corrected chi connectivity index (χ2v) is 6.30. The SMILES string of the molecule is CCNC1c2ccccc2CCC1Sc1ncnn1C. The van der Waals surface area contributed by atoms with E-state index in [1.54, 1.807) is 6.33 Å². The minimum Gasteiger partial charge on any atom is -0.309 e. The van der Waals surface area contributed by atoms with Crippen molar-refractivity contribution in [2.24, 2.45) is 7.05 Å². The molecule has 0 saturated heterocycles. The van der Waals surface area contributed by atoms with Gasteiger partial charge < -0.3 is 5.32 Å². The van der Waals surface area contributed by atoms with Crippen molar-refractivity contribution < 1.29 is 0 Å². The minimum atomic E-state index is 0.395. The minimum absolute atomic E-state index is 0.395. The first-order valence-electron chi connectivity index (χ1n) is 7.11. The summed E-state index contributed by atoms with van der Waals surface area (Å²) in [5, 5.41) is 9.31. The second-order valence-electron chi connectivity index (χ2n) is 5.10. The molecule has 1 aliphatic rings. The number of rotatable bonds is 4. The van der Waals surface area contributed by atoms with Crippen molar-refractivity contribution in [2.45, 2.75) is 36.2 Å². The zero-order valence-electron chi connectivity index (χ0n) is 11.9. The average Bonchev–Trinajstić information content (AvgIpc) is 2.87. The quantitative estimate of drug-likeness (QED) is 0.939. The van der Waals surface area contributed by atoms with Crippen molar-refractivity contribution in [1.82, 2.24) is 20.1 Å². The third-order valence-corrected chi connectivity index (χ3v) is 5.20. The molecule has 20 heavy (non-hydrogen) atoms. The lowest BCUT2D eigenvalue weighted by atomic mass is 9.87. The Labute approximate surface area is 124 Å². The van der Waals surface area contributed by atoms with E-state index in [0.29, 0.717) is 11.3 Å². The maximum absolute atomic E-state index is 4.35. The highest BCUT2D eigenvalue weighted by Gasteiger charge is 2.30. The number of benzene rings is 1. The Morgan fingerprint density at radius 2 is 2.25 bits per heavy atom. The van der Waals surface area contributed by atoms with E-state index in [2.05, 4.69) is 46.6 Å². The van der Waals surface area contributed by atoms with E-state index in [1.807, 2.05) is 23.5 Å². The molecule has 1 aromatic carbocycles. The molecule has 2 aromatic rings. The molecule has 1 aliphatic carbocycles. The highest BCUT2D eigenvalue weighted by atomic mass is 32.2. The molecule has 2 unspecified atom stereocenters. The van der Waals surface area contributed by atoms with Crippen LogP contribution in [0.5, 0.6) is 0 Å². The molecule has 0 amide bonds. The maximum Gasteiger partial charge on any atom is 0.186 e. The third-order valence-electron chi connectivity index (χ3n) is 3.81. The van der Waals surface area contributed by atoms with E-state index >= 15 is 0 Å². The Bertz CT molecular complexity index is 581. The normalized spacial score (nSPS) is 21.7. The van der Waals surface area contributed by atoms with Crippen LogP contribution in [0, 0.1) is 0 Å². The van der Waals surface area contributed by atoms with Gasteiger partial charge in [-0.05, 0) is 30.5 Å². The fraction of sp³-hybridized carbons (Fsp3) is 0.467. The predicted octanol–water partition coefficient (Wildman–Crippen LogP) is 2.57. The van der Waals surface area contributed by atoms with E-state index in [0.717, 1.165) is 18.1 Å². The Morgan fingerprint density at radius 1 is 1.40 bits per heavy atom. The molecule has 106 valence electrons. The number of aromatic nitrogens is 3. The van der Waals surface area contributed by atoms with Crippen LogP contribution < -0.4 is 5.32 Å². The van der Waals surface area contributed by atoms with Gasteiger partial charge in [0.15, 0.2) is 5.16 Å². The monoisotopic (exact) mass is 288 g/mol. The number of hydrogen-bond donors (Lipinski definition) is 1. The molecule has 0 aliphatic heterocycles. The van der Waals surface area contributed by atoms with E-state index in [9.17, 15) is 0 Å². The van der Waals surface area contributed by atoms with Gasteiger partial charge in [0.2, 0.25) is 0 Å². The van der Waals surface area contributed by atoms with Crippen LogP contribution in [0.1, 0.15) is 30.5 Å². The standard InChI is InChI=1S/C15H20N4S/c1-3-16-14-12-7-5-4-6-11(12)8-9-13(14)20-15-17-10-18-19(15)2/h4-7,10,13-14,16H,3,8-9H2,1-2H3. The number of hydrogen-bond acceptors (Lipinski definition) is 4. The van der Waals surface area contributed by atoms with E-state index < -0.39 is 0 Å². The van der Waals surface area contributed by atoms with E-state index in [-0.39, 0.29) is 0 Å². The van der Waals surface area contributed by atoms with Crippen molar-refractivity contribution >= 4 is 11.8 Å². The largest absolute Gasteiger partial charge is 0.309 e. The molecule has 0 saturated carbocycles. The zero-order valence-corrected chi connectivity index (χ0v) is 12.7. The van der Waals surface area contributed by atoms with Gasteiger partial charge in [-0.2, -0.15) is 5.10 Å². The van der Waals surface area contributed by atoms with Crippen LogP contribution in [0.3, 0.4) is 0 Å². The third kappa shape index (κ3) is 2.60. The Balaban J connectivity index is 1.86. The predicted molar refractivity (Wildman–Crippen MR) is 81.8 cm³/mol. The topological polar surface area (TPSA) is 42.7 Å².